The van der Waals surface area contributed by atoms with Gasteiger partial charge in [-0.1, -0.05) is 117 Å². The summed E-state index contributed by atoms with van der Waals surface area (Å²) >= 11 is 0. The normalized spacial score (nSPS) is 23.8. The molecular formula is C37H43N3P2+2. The molecule has 0 unspecified atom stereocenters. The van der Waals surface area contributed by atoms with Crippen molar-refractivity contribution in [3.8, 4) is 0 Å². The molecular weight excluding hydrogens is 548 g/mol. The second-order valence-electron chi connectivity index (χ2n) is 12.0. The van der Waals surface area contributed by atoms with Gasteiger partial charge in [-0.15, -0.1) is 0 Å². The summed E-state index contributed by atoms with van der Waals surface area (Å²) in [6.07, 6.45) is 6.00. The van der Waals surface area contributed by atoms with Crippen LogP contribution < -0.4 is 10.6 Å². The number of benzene rings is 4. The van der Waals surface area contributed by atoms with Crippen LogP contribution in [0.2, 0.25) is 0 Å². The highest BCUT2D eigenvalue weighted by Gasteiger charge is 2.82. The van der Waals surface area contributed by atoms with Crippen LogP contribution in [0.15, 0.2) is 133 Å². The molecule has 7 rings (SSSR count). The Labute approximate surface area is 253 Å². The minimum Gasteiger partial charge on any atom is -0.195 e. The molecule has 0 aromatic heterocycles. The first-order valence-corrected chi connectivity index (χ1v) is 19.5. The van der Waals surface area contributed by atoms with Crippen molar-refractivity contribution < 1.29 is 0 Å². The Morgan fingerprint density at radius 1 is 0.643 bits per heavy atom. The van der Waals surface area contributed by atoms with Crippen molar-refractivity contribution >= 4 is 25.4 Å². The molecule has 4 aromatic carbocycles. The van der Waals surface area contributed by atoms with Gasteiger partial charge in [0, 0.05) is 24.2 Å². The highest BCUT2D eigenvalue weighted by molar-refractivity contribution is 8.01. The summed E-state index contributed by atoms with van der Waals surface area (Å²) in [5.74, 6) is 0.708. The monoisotopic (exact) mass is 591 g/mol. The maximum atomic E-state index is 5.11. The van der Waals surface area contributed by atoms with Crippen molar-refractivity contribution in [1.29, 1.82) is 0 Å². The lowest BCUT2D eigenvalue weighted by molar-refractivity contribution is -0.0531. The minimum atomic E-state index is -2.13. The second kappa shape index (κ2) is 11.8. The van der Waals surface area contributed by atoms with Crippen LogP contribution in [0, 0.1) is 0 Å². The van der Waals surface area contributed by atoms with Gasteiger partial charge in [0.15, 0.2) is 19.0 Å². The van der Waals surface area contributed by atoms with Gasteiger partial charge in [0.25, 0.3) is 0 Å². The maximum absolute atomic E-state index is 5.11. The molecule has 214 valence electrons. The fourth-order valence-electron chi connectivity index (χ4n) is 8.05. The van der Waals surface area contributed by atoms with Crippen LogP contribution in [0.25, 0.3) is 0 Å². The molecule has 0 radical (unpaired) electrons. The number of rotatable bonds is 7. The Morgan fingerprint density at radius 2 is 1.07 bits per heavy atom. The maximum Gasteiger partial charge on any atom is 0.217 e. The first-order chi connectivity index (χ1) is 20.7. The molecule has 3 saturated heterocycles. The van der Waals surface area contributed by atoms with Crippen molar-refractivity contribution in [1.82, 2.24) is 14.5 Å². The molecule has 1 spiro atoms. The Balaban J connectivity index is 1.57. The largest absolute Gasteiger partial charge is 0.217 e. The van der Waals surface area contributed by atoms with Crippen molar-refractivity contribution in [3.63, 3.8) is 0 Å². The molecule has 0 N–H and O–H groups in total. The van der Waals surface area contributed by atoms with Crippen LogP contribution in [-0.4, -0.2) is 40.3 Å². The van der Waals surface area contributed by atoms with Gasteiger partial charge in [-0.25, -0.2) is 0 Å². The summed E-state index contributed by atoms with van der Waals surface area (Å²) in [7, 11) is -4.11. The zero-order valence-electron chi connectivity index (χ0n) is 24.8. The van der Waals surface area contributed by atoms with E-state index in [1.54, 1.807) is 0 Å². The molecule has 2 atom stereocenters. The molecule has 4 aromatic rings. The quantitative estimate of drug-likeness (QED) is 0.199. The molecule has 3 heterocycles. The third-order valence-electron chi connectivity index (χ3n) is 9.60. The molecule has 42 heavy (non-hydrogen) atoms. The minimum absolute atomic E-state index is 0.354. The summed E-state index contributed by atoms with van der Waals surface area (Å²) in [6, 6.07) is 46.0. The van der Waals surface area contributed by atoms with E-state index in [4.69, 9.17) is 6.58 Å². The predicted molar refractivity (Wildman–Crippen MR) is 183 cm³/mol. The standard InChI is InChI=1S/C37H43N3P2/c1-3-4-29-40-41(30-31(2)42(40,34-23-13-7-14-24-34)35-25-15-8-16-26-35)36(32-19-9-5-10-20-32)38-27-17-18-28-39(38)37(41)33-21-11-6-12-22-33/h5-16,19-26,36-37H,2-4,17-18,27-30H2,1H3/q+2/t36-,37-/m1/s1. The van der Waals surface area contributed by atoms with Crippen molar-refractivity contribution in [2.24, 2.45) is 0 Å². The van der Waals surface area contributed by atoms with E-state index in [-0.39, 0.29) is 0 Å². The van der Waals surface area contributed by atoms with Crippen LogP contribution in [0.4, 0.5) is 0 Å². The summed E-state index contributed by atoms with van der Waals surface area (Å²) < 4.78 is 3.17. The van der Waals surface area contributed by atoms with Crippen LogP contribution >= 0.6 is 14.8 Å². The van der Waals surface area contributed by atoms with Crippen LogP contribution in [0.1, 0.15) is 55.3 Å². The molecule has 0 aliphatic carbocycles. The Morgan fingerprint density at radius 3 is 1.50 bits per heavy atom. The zero-order valence-corrected chi connectivity index (χ0v) is 26.6. The Hall–Kier alpha value is -2.64. The highest BCUT2D eigenvalue weighted by atomic mass is 31.3. The molecule has 3 nitrogen and oxygen atoms in total. The summed E-state index contributed by atoms with van der Waals surface area (Å²) in [5.41, 5.74) is 2.96. The van der Waals surface area contributed by atoms with Gasteiger partial charge in [0.2, 0.25) is 7.41 Å². The third kappa shape index (κ3) is 4.29. The van der Waals surface area contributed by atoms with Crippen LogP contribution in [0.3, 0.4) is 0 Å². The van der Waals surface area contributed by atoms with Crippen LogP contribution in [0.5, 0.6) is 0 Å². The van der Waals surface area contributed by atoms with Gasteiger partial charge in [0.05, 0.1) is 6.54 Å². The Bertz CT molecular complexity index is 1400. The molecule has 3 aliphatic heterocycles. The van der Waals surface area contributed by atoms with Crippen molar-refractivity contribution in [2.75, 3.05) is 25.8 Å². The average molecular weight is 592 g/mol. The second-order valence-corrected chi connectivity index (χ2v) is 19.3. The predicted octanol–water partition coefficient (Wildman–Crippen LogP) is 8.86. The first-order valence-electron chi connectivity index (χ1n) is 15.7. The van der Waals surface area contributed by atoms with Crippen molar-refractivity contribution in [2.45, 2.75) is 44.2 Å². The number of allylic oxidation sites excluding steroid dienone is 1. The number of hydrogen-bond donors (Lipinski definition) is 0. The molecule has 3 fully saturated rings. The summed E-state index contributed by atoms with van der Waals surface area (Å²) in [5, 5.41) is 10.0. The summed E-state index contributed by atoms with van der Waals surface area (Å²) in [4.78, 5) is 0. The van der Waals surface area contributed by atoms with Gasteiger partial charge >= 0.3 is 0 Å². The topological polar surface area (TPSA) is 9.72 Å². The number of unbranched alkanes of at least 4 members (excludes halogenated alkanes) is 1. The molecule has 0 bridgehead atoms. The van der Waals surface area contributed by atoms with E-state index in [0.717, 1.165) is 25.8 Å². The molecule has 0 amide bonds. The molecule has 0 saturated carbocycles. The van der Waals surface area contributed by atoms with Gasteiger partial charge in [-0.2, -0.15) is 10.0 Å². The van der Waals surface area contributed by atoms with E-state index >= 15 is 0 Å². The van der Waals surface area contributed by atoms with Gasteiger partial charge < -0.3 is 0 Å². The smallest absolute Gasteiger partial charge is 0.195 e. The Kier molecular flexibility index (Phi) is 7.91. The van der Waals surface area contributed by atoms with E-state index in [1.165, 1.54) is 52.7 Å². The number of hydrazine groups is 1. The van der Waals surface area contributed by atoms with E-state index in [2.05, 4.69) is 143 Å². The number of nitrogens with zero attached hydrogens (tertiary/aromatic N) is 3. The lowest BCUT2D eigenvalue weighted by Gasteiger charge is -2.38. The van der Waals surface area contributed by atoms with Gasteiger partial charge in [-0.3, -0.25) is 0 Å². The molecule has 3 aliphatic rings. The van der Waals surface area contributed by atoms with Gasteiger partial charge in [0.1, 0.15) is 22.1 Å². The van der Waals surface area contributed by atoms with E-state index in [0.29, 0.717) is 11.6 Å². The first kappa shape index (κ1) is 28.1. The SMILES string of the molecule is C=C1C[P+]2([C@H](c3ccccc3)N3CCCCN3[C@H]2c2ccccc2)N(CCCC)[P+]1(c1ccccc1)c1ccccc1. The lowest BCUT2D eigenvalue weighted by Crippen LogP contribution is -2.43. The fourth-order valence-corrected chi connectivity index (χ4v) is 22.0. The van der Waals surface area contributed by atoms with Gasteiger partial charge in [-0.05, 0) is 48.0 Å². The summed E-state index contributed by atoms with van der Waals surface area (Å²) in [6.45, 7) is 10.8. The molecule has 5 heteroatoms. The third-order valence-corrected chi connectivity index (χ3v) is 20.5. The van der Waals surface area contributed by atoms with Crippen molar-refractivity contribution in [3.05, 3.63) is 144 Å². The lowest BCUT2D eigenvalue weighted by atomic mass is 10.1. The van der Waals surface area contributed by atoms with E-state index < -0.39 is 14.8 Å². The average Bonchev–Trinajstić information content (AvgIpc) is 3.48. The fraction of sp³-hybridized carbons (Fsp3) is 0.297. The highest BCUT2D eigenvalue weighted by Crippen LogP contribution is 2.98. The number of hydrogen-bond acceptors (Lipinski definition) is 3. The zero-order chi connectivity index (χ0) is 28.6. The van der Waals surface area contributed by atoms with Crippen LogP contribution in [-0.2, 0) is 0 Å². The van der Waals surface area contributed by atoms with E-state index in [1.807, 2.05) is 0 Å². The number of fused-ring (bicyclic) bond motifs is 1. The van der Waals surface area contributed by atoms with E-state index in [9.17, 15) is 0 Å².